The van der Waals surface area contributed by atoms with Crippen LogP contribution in [0.3, 0.4) is 0 Å². The van der Waals surface area contributed by atoms with E-state index >= 15 is 0 Å². The van der Waals surface area contributed by atoms with Crippen molar-refractivity contribution in [2.75, 3.05) is 26.2 Å². The number of piperidine rings is 1. The van der Waals surface area contributed by atoms with Crippen LogP contribution >= 0.6 is 0 Å². The Hall–Kier alpha value is -2.55. The summed E-state index contributed by atoms with van der Waals surface area (Å²) in [5, 5.41) is 2.92. The molecule has 1 aromatic rings. The van der Waals surface area contributed by atoms with Crippen LogP contribution in [0, 0.1) is 5.92 Å². The third-order valence-electron chi connectivity index (χ3n) is 6.26. The SMILES string of the molecule is CCOC(=O)C1=C(CN2CCC[C@H](C(F)(F)F)C2)N(C2CC2)C(=O)N[C@H]1c1ccccc1. The average molecular weight is 451 g/mol. The molecule has 2 atom stereocenters. The number of urea groups is 1. The molecule has 1 saturated heterocycles. The highest BCUT2D eigenvalue weighted by molar-refractivity contribution is 5.95. The lowest BCUT2D eigenvalue weighted by Gasteiger charge is -2.40. The van der Waals surface area contributed by atoms with E-state index in [-0.39, 0.29) is 38.2 Å². The van der Waals surface area contributed by atoms with Gasteiger partial charge in [-0.1, -0.05) is 30.3 Å². The predicted molar refractivity (Wildman–Crippen MR) is 111 cm³/mol. The van der Waals surface area contributed by atoms with Crippen molar-refractivity contribution in [3.63, 3.8) is 0 Å². The zero-order chi connectivity index (χ0) is 22.9. The normalized spacial score (nSPS) is 25.0. The van der Waals surface area contributed by atoms with Gasteiger partial charge >= 0.3 is 18.2 Å². The van der Waals surface area contributed by atoms with E-state index in [0.717, 1.165) is 18.4 Å². The van der Waals surface area contributed by atoms with Crippen LogP contribution in [-0.4, -0.2) is 60.3 Å². The first kappa shape index (κ1) is 22.6. The Labute approximate surface area is 185 Å². The number of benzene rings is 1. The minimum Gasteiger partial charge on any atom is -0.463 e. The van der Waals surface area contributed by atoms with Gasteiger partial charge in [-0.25, -0.2) is 9.59 Å². The number of hydrogen-bond acceptors (Lipinski definition) is 4. The van der Waals surface area contributed by atoms with Crippen molar-refractivity contribution in [3.8, 4) is 0 Å². The van der Waals surface area contributed by atoms with Crippen LogP contribution in [0.2, 0.25) is 0 Å². The summed E-state index contributed by atoms with van der Waals surface area (Å²) in [4.78, 5) is 29.5. The molecule has 0 aromatic heterocycles. The molecule has 0 radical (unpaired) electrons. The predicted octanol–water partition coefficient (Wildman–Crippen LogP) is 4.01. The number of hydrogen-bond donors (Lipinski definition) is 1. The Bertz CT molecular complexity index is 883. The zero-order valence-electron chi connectivity index (χ0n) is 18.0. The minimum absolute atomic E-state index is 0.0469. The first-order chi connectivity index (χ1) is 15.3. The maximum atomic E-state index is 13.4. The number of carbonyl (C=O) groups excluding carboxylic acids is 2. The van der Waals surface area contributed by atoms with Gasteiger partial charge in [-0.3, -0.25) is 9.80 Å². The van der Waals surface area contributed by atoms with Crippen molar-refractivity contribution in [3.05, 3.63) is 47.2 Å². The van der Waals surface area contributed by atoms with Gasteiger partial charge in [0.05, 0.1) is 24.1 Å². The van der Waals surface area contributed by atoms with Gasteiger partial charge in [-0.15, -0.1) is 0 Å². The van der Waals surface area contributed by atoms with E-state index in [1.807, 2.05) is 30.3 Å². The number of alkyl halides is 3. The van der Waals surface area contributed by atoms with Crippen molar-refractivity contribution in [1.82, 2.24) is 15.1 Å². The molecular weight excluding hydrogens is 423 g/mol. The maximum Gasteiger partial charge on any atom is 0.393 e. The number of ether oxygens (including phenoxy) is 1. The van der Waals surface area contributed by atoms with Gasteiger partial charge in [0.2, 0.25) is 0 Å². The smallest absolute Gasteiger partial charge is 0.393 e. The fraction of sp³-hybridized carbons (Fsp3) is 0.565. The van der Waals surface area contributed by atoms with E-state index < -0.39 is 24.1 Å². The van der Waals surface area contributed by atoms with Gasteiger partial charge in [0.1, 0.15) is 0 Å². The molecule has 2 fully saturated rings. The van der Waals surface area contributed by atoms with Gasteiger partial charge in [-0.2, -0.15) is 13.2 Å². The number of nitrogens with zero attached hydrogens (tertiary/aromatic N) is 2. The van der Waals surface area contributed by atoms with Crippen LogP contribution < -0.4 is 5.32 Å². The molecule has 0 spiro atoms. The molecule has 4 rings (SSSR count). The first-order valence-electron chi connectivity index (χ1n) is 11.1. The second-order valence-corrected chi connectivity index (χ2v) is 8.59. The summed E-state index contributed by atoms with van der Waals surface area (Å²) >= 11 is 0. The van der Waals surface area contributed by atoms with Crippen LogP contribution in [0.5, 0.6) is 0 Å². The molecule has 0 bridgehead atoms. The highest BCUT2D eigenvalue weighted by Crippen LogP contribution is 2.40. The van der Waals surface area contributed by atoms with Gasteiger partial charge in [0.25, 0.3) is 0 Å². The molecule has 174 valence electrons. The average Bonchev–Trinajstić information content (AvgIpc) is 3.59. The fourth-order valence-corrected chi connectivity index (χ4v) is 4.58. The molecule has 32 heavy (non-hydrogen) atoms. The van der Waals surface area contributed by atoms with Crippen molar-refractivity contribution in [2.24, 2.45) is 5.92 Å². The molecule has 6 nitrogen and oxygen atoms in total. The van der Waals surface area contributed by atoms with Crippen molar-refractivity contribution >= 4 is 12.0 Å². The minimum atomic E-state index is -4.26. The van der Waals surface area contributed by atoms with E-state index in [2.05, 4.69) is 5.32 Å². The standard InChI is InChI=1S/C23H28F3N3O3/c1-2-32-21(30)19-18(14-28-12-6-9-16(13-28)23(24,25)26)29(17-10-11-17)22(31)27-20(19)15-7-4-3-5-8-15/h3-5,7-8,16-17,20H,2,6,9-14H2,1H3,(H,27,31)/t16-,20-/m0/s1. The highest BCUT2D eigenvalue weighted by Gasteiger charge is 2.46. The van der Waals surface area contributed by atoms with Gasteiger partial charge < -0.3 is 10.1 Å². The van der Waals surface area contributed by atoms with Crippen molar-refractivity contribution < 1.29 is 27.5 Å². The Morgan fingerprint density at radius 3 is 2.53 bits per heavy atom. The van der Waals surface area contributed by atoms with E-state index in [4.69, 9.17) is 4.74 Å². The summed E-state index contributed by atoms with van der Waals surface area (Å²) < 4.78 is 45.5. The molecule has 2 amide bonds. The second-order valence-electron chi connectivity index (χ2n) is 8.59. The number of carbonyl (C=O) groups is 2. The van der Waals surface area contributed by atoms with Crippen molar-refractivity contribution in [2.45, 2.75) is 50.9 Å². The number of halogens is 3. The quantitative estimate of drug-likeness (QED) is 0.664. The summed E-state index contributed by atoms with van der Waals surface area (Å²) in [6.07, 6.45) is -2.14. The Kier molecular flexibility index (Phi) is 6.46. The number of likely N-dealkylation sites (tertiary alicyclic amines) is 1. The molecule has 0 unspecified atom stereocenters. The third kappa shape index (κ3) is 4.77. The van der Waals surface area contributed by atoms with Crippen LogP contribution in [0.25, 0.3) is 0 Å². The zero-order valence-corrected chi connectivity index (χ0v) is 18.0. The number of amides is 2. The maximum absolute atomic E-state index is 13.4. The molecular formula is C23H28F3N3O3. The summed E-state index contributed by atoms with van der Waals surface area (Å²) in [6.45, 7) is 2.32. The molecule has 2 aliphatic heterocycles. The molecule has 9 heteroatoms. The van der Waals surface area contributed by atoms with Crippen molar-refractivity contribution in [1.29, 1.82) is 0 Å². The van der Waals surface area contributed by atoms with Crippen LogP contribution in [0.4, 0.5) is 18.0 Å². The third-order valence-corrected chi connectivity index (χ3v) is 6.26. The van der Waals surface area contributed by atoms with Gasteiger partial charge in [0, 0.05) is 24.8 Å². The lowest BCUT2D eigenvalue weighted by molar-refractivity contribution is -0.186. The Morgan fingerprint density at radius 1 is 1.19 bits per heavy atom. The summed E-state index contributed by atoms with van der Waals surface area (Å²) in [6, 6.07) is 8.01. The lowest BCUT2D eigenvalue weighted by atomic mass is 9.93. The second kappa shape index (κ2) is 9.13. The van der Waals surface area contributed by atoms with Gasteiger partial charge in [-0.05, 0) is 44.7 Å². The van der Waals surface area contributed by atoms with E-state index in [0.29, 0.717) is 24.2 Å². The van der Waals surface area contributed by atoms with E-state index in [1.165, 1.54) is 0 Å². The summed E-state index contributed by atoms with van der Waals surface area (Å²) in [5.74, 6) is -1.95. The number of nitrogens with one attached hydrogen (secondary N) is 1. The van der Waals surface area contributed by atoms with Crippen LogP contribution in [0.15, 0.2) is 41.6 Å². The largest absolute Gasteiger partial charge is 0.463 e. The topological polar surface area (TPSA) is 61.9 Å². The van der Waals surface area contributed by atoms with E-state index in [1.54, 1.807) is 16.7 Å². The molecule has 1 saturated carbocycles. The van der Waals surface area contributed by atoms with Crippen LogP contribution in [-0.2, 0) is 9.53 Å². The Morgan fingerprint density at radius 2 is 1.91 bits per heavy atom. The number of esters is 1. The summed E-state index contributed by atoms with van der Waals surface area (Å²) in [7, 11) is 0. The lowest BCUT2D eigenvalue weighted by Crippen LogP contribution is -2.52. The molecule has 1 N–H and O–H groups in total. The molecule has 1 aliphatic carbocycles. The monoisotopic (exact) mass is 451 g/mol. The van der Waals surface area contributed by atoms with E-state index in [9.17, 15) is 22.8 Å². The first-order valence-corrected chi connectivity index (χ1v) is 11.1. The van der Waals surface area contributed by atoms with Crippen LogP contribution in [0.1, 0.15) is 44.2 Å². The number of rotatable bonds is 6. The summed E-state index contributed by atoms with van der Waals surface area (Å²) in [5.41, 5.74) is 1.49. The fourth-order valence-electron chi connectivity index (χ4n) is 4.58. The van der Waals surface area contributed by atoms with Gasteiger partial charge in [0.15, 0.2) is 0 Å². The Balaban J connectivity index is 1.74. The highest BCUT2D eigenvalue weighted by atomic mass is 19.4. The molecule has 1 aromatic carbocycles. The molecule has 2 heterocycles. The molecule has 3 aliphatic rings.